The Hall–Kier alpha value is -4.26. The summed E-state index contributed by atoms with van der Waals surface area (Å²) in [5.74, 6) is -3.54. The molecule has 2 bridgehead atoms. The lowest BCUT2D eigenvalue weighted by atomic mass is 9.55. The minimum Gasteiger partial charge on any atom is -0.454 e. The summed E-state index contributed by atoms with van der Waals surface area (Å²) in [6, 6.07) is 20.5. The molecule has 3 aromatic rings. The third-order valence-electron chi connectivity index (χ3n) is 8.90. The lowest BCUT2D eigenvalue weighted by molar-refractivity contribution is -0.160. The summed E-state index contributed by atoms with van der Waals surface area (Å²) in [6.45, 7) is 7.29. The van der Waals surface area contributed by atoms with Crippen LogP contribution in [0.3, 0.4) is 0 Å². The zero-order chi connectivity index (χ0) is 29.0. The minimum absolute atomic E-state index is 0.00579. The Kier molecular flexibility index (Phi) is 6.76. The predicted octanol–water partition coefficient (Wildman–Crippen LogP) is 5.09. The largest absolute Gasteiger partial charge is 0.454 e. The molecule has 7 nitrogen and oxygen atoms in total. The molecule has 1 heterocycles. The number of nitrogens with one attached hydrogen (secondary N) is 1. The van der Waals surface area contributed by atoms with Gasteiger partial charge in [0.05, 0.1) is 11.8 Å². The van der Waals surface area contributed by atoms with Crippen LogP contribution in [0.1, 0.15) is 65.5 Å². The maximum absolute atomic E-state index is 14.1. The van der Waals surface area contributed by atoms with Crippen molar-refractivity contribution >= 4 is 29.4 Å². The molecule has 3 aromatic carbocycles. The van der Waals surface area contributed by atoms with E-state index in [1.807, 2.05) is 88.4 Å². The number of anilines is 1. The highest BCUT2D eigenvalue weighted by molar-refractivity contribution is 6.10. The van der Waals surface area contributed by atoms with Crippen molar-refractivity contribution in [3.8, 4) is 0 Å². The van der Waals surface area contributed by atoms with Gasteiger partial charge in [-0.3, -0.25) is 19.3 Å². The summed E-state index contributed by atoms with van der Waals surface area (Å²) in [4.78, 5) is 55.6. The monoisotopic (exact) mass is 550 g/mol. The lowest BCUT2D eigenvalue weighted by Gasteiger charge is -2.45. The zero-order valence-corrected chi connectivity index (χ0v) is 23.7. The number of nitrogens with zero attached hydrogens (tertiary/aromatic N) is 1. The van der Waals surface area contributed by atoms with Crippen molar-refractivity contribution in [3.63, 3.8) is 0 Å². The topological polar surface area (TPSA) is 92.8 Å². The number of likely N-dealkylation sites (tertiary alicyclic amines) is 1. The summed E-state index contributed by atoms with van der Waals surface area (Å²) in [7, 11) is 0. The maximum atomic E-state index is 14.1. The third kappa shape index (κ3) is 4.44. The molecule has 1 N–H and O–H groups in total. The Morgan fingerprint density at radius 3 is 1.78 bits per heavy atom. The number of imide groups is 1. The number of amides is 3. The summed E-state index contributed by atoms with van der Waals surface area (Å²) < 4.78 is 5.45. The fraction of sp³-hybridized carbons (Fsp3) is 0.353. The second kappa shape index (κ2) is 10.3. The van der Waals surface area contributed by atoms with Gasteiger partial charge in [0.2, 0.25) is 11.8 Å². The number of carbonyl (C=O) groups is 4. The van der Waals surface area contributed by atoms with Crippen LogP contribution >= 0.6 is 0 Å². The van der Waals surface area contributed by atoms with E-state index in [-0.39, 0.29) is 36.0 Å². The highest BCUT2D eigenvalue weighted by Crippen LogP contribution is 2.61. The Morgan fingerprint density at radius 1 is 0.805 bits per heavy atom. The Bertz CT molecular complexity index is 1460. The van der Waals surface area contributed by atoms with Gasteiger partial charge in [0.25, 0.3) is 5.91 Å². The van der Waals surface area contributed by atoms with Crippen LogP contribution in [0.2, 0.25) is 0 Å². The van der Waals surface area contributed by atoms with Crippen LogP contribution in [0.15, 0.2) is 66.7 Å². The molecule has 3 atom stereocenters. The first kappa shape index (κ1) is 26.9. The molecule has 210 valence electrons. The third-order valence-corrected chi connectivity index (χ3v) is 8.90. The van der Waals surface area contributed by atoms with Crippen LogP contribution in [0.4, 0.5) is 5.69 Å². The van der Waals surface area contributed by atoms with E-state index in [4.69, 9.17) is 4.74 Å². The summed E-state index contributed by atoms with van der Waals surface area (Å²) in [6.07, 6.45) is 0.254. The van der Waals surface area contributed by atoms with Crippen molar-refractivity contribution in [3.05, 3.63) is 100 Å². The summed E-state index contributed by atoms with van der Waals surface area (Å²) in [5, 5.41) is 2.75. The first-order valence-electron chi connectivity index (χ1n) is 14.3. The van der Waals surface area contributed by atoms with Crippen LogP contribution in [0.5, 0.6) is 0 Å². The second-order valence-corrected chi connectivity index (χ2v) is 11.9. The van der Waals surface area contributed by atoms with Crippen molar-refractivity contribution < 1.29 is 23.9 Å². The number of benzene rings is 3. The summed E-state index contributed by atoms with van der Waals surface area (Å²) >= 11 is 0. The summed E-state index contributed by atoms with van der Waals surface area (Å²) in [5.41, 5.74) is 7.04. The van der Waals surface area contributed by atoms with Gasteiger partial charge in [0.15, 0.2) is 6.61 Å². The van der Waals surface area contributed by atoms with Crippen molar-refractivity contribution in [2.24, 2.45) is 17.8 Å². The smallest absolute Gasteiger partial charge is 0.329 e. The van der Waals surface area contributed by atoms with Crippen LogP contribution < -0.4 is 5.32 Å². The van der Waals surface area contributed by atoms with Gasteiger partial charge in [-0.2, -0.15) is 0 Å². The maximum Gasteiger partial charge on any atom is 0.329 e. The van der Waals surface area contributed by atoms with Crippen molar-refractivity contribution in [1.82, 2.24) is 4.90 Å². The number of carbonyl (C=O) groups excluding carboxylic acids is 4. The van der Waals surface area contributed by atoms with E-state index in [1.165, 1.54) is 0 Å². The Balaban J connectivity index is 1.26. The fourth-order valence-corrected chi connectivity index (χ4v) is 7.01. The standard InChI is InChI=1S/C34H34N2O5/c1-18(2)15-26(34(40)41-17-27(37)35-21-14-13-19(3)20(4)16-21)36-32(38)30-28-22-9-5-6-10-23(22)29(31(30)33(36)39)25-12-8-7-11-24(25)28/h5-14,16,18,26,28-31H,15,17H2,1-4H3,(H,35,37)/t26-,28?,29?,30-,31-/m0/s1. The normalized spacial score (nSPS) is 22.7. The highest BCUT2D eigenvalue weighted by atomic mass is 16.5. The molecule has 0 unspecified atom stereocenters. The number of aryl methyl sites for hydroxylation is 2. The zero-order valence-electron chi connectivity index (χ0n) is 23.7. The molecule has 0 aromatic heterocycles. The van der Waals surface area contributed by atoms with Gasteiger partial charge in [-0.05, 0) is 71.7 Å². The first-order chi connectivity index (χ1) is 19.7. The molecule has 1 aliphatic heterocycles. The number of hydrogen-bond acceptors (Lipinski definition) is 5. The van der Waals surface area contributed by atoms with E-state index in [1.54, 1.807) is 6.07 Å². The molecular weight excluding hydrogens is 516 g/mol. The number of esters is 1. The van der Waals surface area contributed by atoms with E-state index in [0.717, 1.165) is 38.3 Å². The number of rotatable bonds is 7. The molecule has 1 fully saturated rings. The molecule has 7 rings (SSSR count). The van der Waals surface area contributed by atoms with Crippen molar-refractivity contribution in [2.75, 3.05) is 11.9 Å². The van der Waals surface area contributed by atoms with E-state index < -0.39 is 36.4 Å². The van der Waals surface area contributed by atoms with Gasteiger partial charge >= 0.3 is 5.97 Å². The fourth-order valence-electron chi connectivity index (χ4n) is 7.01. The van der Waals surface area contributed by atoms with E-state index in [0.29, 0.717) is 5.69 Å². The molecule has 0 saturated carbocycles. The van der Waals surface area contributed by atoms with Gasteiger partial charge in [-0.1, -0.05) is 68.4 Å². The average molecular weight is 551 g/mol. The van der Waals surface area contributed by atoms with Gasteiger partial charge < -0.3 is 10.1 Å². The van der Waals surface area contributed by atoms with Gasteiger partial charge in [-0.25, -0.2) is 4.79 Å². The van der Waals surface area contributed by atoms with Crippen molar-refractivity contribution in [1.29, 1.82) is 0 Å². The van der Waals surface area contributed by atoms with Gasteiger partial charge in [0, 0.05) is 17.5 Å². The molecular formula is C34H34N2O5. The first-order valence-corrected chi connectivity index (χ1v) is 14.3. The van der Waals surface area contributed by atoms with Gasteiger partial charge in [0.1, 0.15) is 6.04 Å². The molecule has 3 aliphatic carbocycles. The molecule has 0 spiro atoms. The molecule has 1 saturated heterocycles. The second-order valence-electron chi connectivity index (χ2n) is 11.9. The number of hydrogen-bond donors (Lipinski definition) is 1. The molecule has 4 aliphatic rings. The average Bonchev–Trinajstić information content (AvgIpc) is 3.22. The molecule has 0 radical (unpaired) electrons. The van der Waals surface area contributed by atoms with Crippen LogP contribution in [0, 0.1) is 31.6 Å². The van der Waals surface area contributed by atoms with Crippen LogP contribution in [0.25, 0.3) is 0 Å². The van der Waals surface area contributed by atoms with Crippen LogP contribution in [-0.2, 0) is 23.9 Å². The molecule has 7 heteroatoms. The SMILES string of the molecule is Cc1ccc(NC(=O)COC(=O)[C@H](CC(C)C)N2C(=O)[C@H]3C4c5ccccc5C(c5ccccc54)[C@@H]3C2=O)cc1C. The number of ether oxygens (including phenoxy) is 1. The van der Waals surface area contributed by atoms with Gasteiger partial charge in [-0.15, -0.1) is 0 Å². The highest BCUT2D eigenvalue weighted by Gasteiger charge is 2.63. The van der Waals surface area contributed by atoms with E-state index in [9.17, 15) is 19.2 Å². The van der Waals surface area contributed by atoms with E-state index in [2.05, 4.69) is 5.32 Å². The molecule has 3 amide bonds. The lowest BCUT2D eigenvalue weighted by Crippen LogP contribution is -2.47. The molecule has 41 heavy (non-hydrogen) atoms. The Morgan fingerprint density at radius 2 is 1.32 bits per heavy atom. The quantitative estimate of drug-likeness (QED) is 0.327. The minimum atomic E-state index is -1.10. The van der Waals surface area contributed by atoms with E-state index >= 15 is 0 Å². The predicted molar refractivity (Wildman–Crippen MR) is 154 cm³/mol. The Labute approximate surface area is 239 Å². The van der Waals surface area contributed by atoms with Crippen LogP contribution in [-0.4, -0.2) is 41.2 Å². The van der Waals surface area contributed by atoms with Crippen molar-refractivity contribution in [2.45, 2.75) is 52.0 Å².